The van der Waals surface area contributed by atoms with E-state index in [-0.39, 0.29) is 11.6 Å². The molecule has 1 heterocycles. The van der Waals surface area contributed by atoms with E-state index in [2.05, 4.69) is 20.9 Å². The summed E-state index contributed by atoms with van der Waals surface area (Å²) in [6.07, 6.45) is -2.63. The van der Waals surface area contributed by atoms with Crippen LogP contribution >= 0.6 is 27.7 Å². The standard InChI is InChI=1S/C9H9BrF3NOS/c10-6-4-7(9(11,12)13)8(14-5-6)16-3-1-2-15/h4-5,15H,1-3H2. The van der Waals surface area contributed by atoms with Crippen LogP contribution in [0.1, 0.15) is 12.0 Å². The fraction of sp³-hybridized carbons (Fsp3) is 0.444. The summed E-state index contributed by atoms with van der Waals surface area (Å²) in [7, 11) is 0. The van der Waals surface area contributed by atoms with Crippen molar-refractivity contribution in [2.24, 2.45) is 0 Å². The third kappa shape index (κ3) is 3.95. The number of aromatic nitrogens is 1. The zero-order chi connectivity index (χ0) is 12.2. The first-order chi connectivity index (χ1) is 7.45. The molecule has 90 valence electrons. The Kier molecular flexibility index (Phi) is 5.07. The lowest BCUT2D eigenvalue weighted by molar-refractivity contribution is -0.140. The molecule has 1 aromatic rings. The maximum absolute atomic E-state index is 12.6. The summed E-state index contributed by atoms with van der Waals surface area (Å²) in [5.41, 5.74) is -0.746. The van der Waals surface area contributed by atoms with Crippen LogP contribution in [0.15, 0.2) is 21.8 Å². The Bertz CT molecular complexity index is 359. The van der Waals surface area contributed by atoms with Gasteiger partial charge in [0.15, 0.2) is 0 Å². The molecule has 1 N–H and O–H groups in total. The molecule has 0 amide bonds. The van der Waals surface area contributed by atoms with Gasteiger partial charge in [0.25, 0.3) is 0 Å². The Morgan fingerprint density at radius 2 is 2.12 bits per heavy atom. The van der Waals surface area contributed by atoms with Gasteiger partial charge in [0.2, 0.25) is 0 Å². The summed E-state index contributed by atoms with van der Waals surface area (Å²) in [6, 6.07) is 1.01. The number of hydrogen-bond acceptors (Lipinski definition) is 3. The van der Waals surface area contributed by atoms with Gasteiger partial charge in [-0.1, -0.05) is 0 Å². The molecule has 0 fully saturated rings. The molecule has 0 atom stereocenters. The smallest absolute Gasteiger partial charge is 0.396 e. The zero-order valence-electron chi connectivity index (χ0n) is 8.09. The minimum absolute atomic E-state index is 0.0368. The second-order valence-electron chi connectivity index (χ2n) is 2.93. The van der Waals surface area contributed by atoms with E-state index in [0.29, 0.717) is 16.6 Å². The molecule has 0 aliphatic heterocycles. The number of pyridine rings is 1. The fourth-order valence-electron chi connectivity index (χ4n) is 0.978. The molecule has 0 spiro atoms. The Labute approximate surface area is 103 Å². The number of hydrogen-bond donors (Lipinski definition) is 1. The second kappa shape index (κ2) is 5.88. The summed E-state index contributed by atoms with van der Waals surface area (Å²) >= 11 is 3.95. The summed E-state index contributed by atoms with van der Waals surface area (Å²) in [4.78, 5) is 3.73. The van der Waals surface area contributed by atoms with Gasteiger partial charge in [-0.3, -0.25) is 0 Å². The highest BCUT2D eigenvalue weighted by atomic mass is 79.9. The van der Waals surface area contributed by atoms with E-state index in [1.54, 1.807) is 0 Å². The second-order valence-corrected chi connectivity index (χ2v) is 4.93. The molecule has 0 bridgehead atoms. The van der Waals surface area contributed by atoms with Gasteiger partial charge in [0.05, 0.1) is 5.56 Å². The average molecular weight is 316 g/mol. The molecule has 0 saturated heterocycles. The number of thioether (sulfide) groups is 1. The third-order valence-corrected chi connectivity index (χ3v) is 3.19. The molecule has 7 heteroatoms. The van der Waals surface area contributed by atoms with E-state index in [0.717, 1.165) is 17.8 Å². The Balaban J connectivity index is 2.90. The van der Waals surface area contributed by atoms with Crippen LogP contribution in [-0.2, 0) is 6.18 Å². The third-order valence-electron chi connectivity index (χ3n) is 1.66. The maximum Gasteiger partial charge on any atom is 0.419 e. The molecule has 0 aliphatic rings. The van der Waals surface area contributed by atoms with Crippen LogP contribution in [0.5, 0.6) is 0 Å². The van der Waals surface area contributed by atoms with Gasteiger partial charge in [-0.15, -0.1) is 11.8 Å². The summed E-state index contributed by atoms with van der Waals surface area (Å²) < 4.78 is 38.1. The first kappa shape index (κ1) is 13.8. The van der Waals surface area contributed by atoms with Gasteiger partial charge in [-0.05, 0) is 28.4 Å². The van der Waals surface area contributed by atoms with E-state index in [4.69, 9.17) is 5.11 Å². The first-order valence-electron chi connectivity index (χ1n) is 4.41. The summed E-state index contributed by atoms with van der Waals surface area (Å²) in [6.45, 7) is -0.0368. The summed E-state index contributed by atoms with van der Waals surface area (Å²) in [5.74, 6) is 0.411. The van der Waals surface area contributed by atoms with Crippen molar-refractivity contribution in [1.82, 2.24) is 4.98 Å². The highest BCUT2D eigenvalue weighted by molar-refractivity contribution is 9.10. The number of alkyl halides is 3. The first-order valence-corrected chi connectivity index (χ1v) is 6.19. The predicted molar refractivity (Wildman–Crippen MR) is 59.4 cm³/mol. The van der Waals surface area contributed by atoms with Crippen LogP contribution < -0.4 is 0 Å². The molecule has 0 radical (unpaired) electrons. The Hall–Kier alpha value is -0.270. The van der Waals surface area contributed by atoms with Gasteiger partial charge in [-0.2, -0.15) is 13.2 Å². The topological polar surface area (TPSA) is 33.1 Å². The van der Waals surface area contributed by atoms with E-state index in [9.17, 15) is 13.2 Å². The maximum atomic E-state index is 12.6. The number of nitrogens with zero attached hydrogens (tertiary/aromatic N) is 1. The van der Waals surface area contributed by atoms with Crippen LogP contribution in [0.2, 0.25) is 0 Å². The minimum atomic E-state index is -4.40. The molecule has 0 aromatic carbocycles. The van der Waals surface area contributed by atoms with E-state index < -0.39 is 11.7 Å². The van der Waals surface area contributed by atoms with Gasteiger partial charge < -0.3 is 5.11 Å². The van der Waals surface area contributed by atoms with Crippen LogP contribution in [0.3, 0.4) is 0 Å². The molecule has 0 saturated carbocycles. The molecule has 1 rings (SSSR count). The van der Waals surface area contributed by atoms with Gasteiger partial charge in [-0.25, -0.2) is 4.98 Å². The SMILES string of the molecule is OCCCSc1ncc(Br)cc1C(F)(F)F. The quantitative estimate of drug-likeness (QED) is 0.683. The molecule has 16 heavy (non-hydrogen) atoms. The van der Waals surface area contributed by atoms with Gasteiger partial charge in [0, 0.05) is 23.0 Å². The highest BCUT2D eigenvalue weighted by Gasteiger charge is 2.34. The molecular formula is C9H9BrF3NOS. The monoisotopic (exact) mass is 315 g/mol. The minimum Gasteiger partial charge on any atom is -0.396 e. The largest absolute Gasteiger partial charge is 0.419 e. The van der Waals surface area contributed by atoms with Crippen molar-refractivity contribution in [3.63, 3.8) is 0 Å². The van der Waals surface area contributed by atoms with Gasteiger partial charge >= 0.3 is 6.18 Å². The van der Waals surface area contributed by atoms with Crippen LogP contribution in [0.4, 0.5) is 13.2 Å². The fourth-order valence-corrected chi connectivity index (χ4v) is 2.23. The zero-order valence-corrected chi connectivity index (χ0v) is 10.5. The number of halogens is 4. The van der Waals surface area contributed by atoms with Crippen LogP contribution in [0, 0.1) is 0 Å². The molecule has 0 aliphatic carbocycles. The number of aliphatic hydroxyl groups excluding tert-OH is 1. The van der Waals surface area contributed by atoms with E-state index in [1.807, 2.05) is 0 Å². The molecule has 2 nitrogen and oxygen atoms in total. The van der Waals surface area contributed by atoms with Crippen LogP contribution in [-0.4, -0.2) is 22.5 Å². The van der Waals surface area contributed by atoms with Gasteiger partial charge in [0.1, 0.15) is 5.03 Å². The lowest BCUT2D eigenvalue weighted by Gasteiger charge is -2.11. The van der Waals surface area contributed by atoms with Crippen molar-refractivity contribution < 1.29 is 18.3 Å². The van der Waals surface area contributed by atoms with E-state index in [1.165, 1.54) is 6.20 Å². The van der Waals surface area contributed by atoms with Crippen molar-refractivity contribution in [3.05, 3.63) is 22.3 Å². The summed E-state index contributed by atoms with van der Waals surface area (Å²) in [5, 5.41) is 8.50. The van der Waals surface area contributed by atoms with Crippen molar-refractivity contribution in [1.29, 1.82) is 0 Å². The molecule has 1 aromatic heterocycles. The normalized spacial score (nSPS) is 11.8. The van der Waals surface area contributed by atoms with E-state index >= 15 is 0 Å². The Morgan fingerprint density at radius 3 is 2.69 bits per heavy atom. The lowest BCUT2D eigenvalue weighted by atomic mass is 10.3. The van der Waals surface area contributed by atoms with Crippen LogP contribution in [0.25, 0.3) is 0 Å². The molecular weight excluding hydrogens is 307 g/mol. The predicted octanol–water partition coefficient (Wildman–Crippen LogP) is 3.34. The van der Waals surface area contributed by atoms with Crippen molar-refractivity contribution in [3.8, 4) is 0 Å². The highest BCUT2D eigenvalue weighted by Crippen LogP contribution is 2.36. The molecule has 0 unspecified atom stereocenters. The Morgan fingerprint density at radius 1 is 1.44 bits per heavy atom. The number of aliphatic hydroxyl groups is 1. The van der Waals surface area contributed by atoms with Crippen molar-refractivity contribution >= 4 is 27.7 Å². The van der Waals surface area contributed by atoms with Crippen molar-refractivity contribution in [2.45, 2.75) is 17.6 Å². The lowest BCUT2D eigenvalue weighted by Crippen LogP contribution is -2.08. The number of rotatable bonds is 4. The average Bonchev–Trinajstić information content (AvgIpc) is 2.19. The van der Waals surface area contributed by atoms with Crippen molar-refractivity contribution in [2.75, 3.05) is 12.4 Å².